The van der Waals surface area contributed by atoms with Crippen LogP contribution in [0.1, 0.15) is 16.2 Å². The highest BCUT2D eigenvalue weighted by Gasteiger charge is 2.16. The minimum Gasteiger partial charge on any atom is -0.497 e. The Morgan fingerprint density at radius 2 is 1.91 bits per heavy atom. The van der Waals surface area contributed by atoms with Crippen molar-refractivity contribution < 1.29 is 9.53 Å². The summed E-state index contributed by atoms with van der Waals surface area (Å²) in [4.78, 5) is 15.7. The second-order valence-corrected chi connectivity index (χ2v) is 5.10. The molecule has 116 valence electrons. The van der Waals surface area contributed by atoms with Crippen molar-refractivity contribution in [3.63, 3.8) is 0 Å². The van der Waals surface area contributed by atoms with Crippen LogP contribution < -0.4 is 10.5 Å². The number of nitrogens with two attached hydrogens (primary N) is 1. The molecule has 0 saturated carbocycles. The summed E-state index contributed by atoms with van der Waals surface area (Å²) in [7, 11) is 1.61. The van der Waals surface area contributed by atoms with Gasteiger partial charge in [-0.3, -0.25) is 4.79 Å². The van der Waals surface area contributed by atoms with E-state index < -0.39 is 5.91 Å². The SMILES string of the molecule is COc1ccc(-n2nc(C(N)=O)nc2-c2cccc(C)c2)cc1. The van der Waals surface area contributed by atoms with Crippen molar-refractivity contribution in [2.24, 2.45) is 5.73 Å². The molecule has 23 heavy (non-hydrogen) atoms. The smallest absolute Gasteiger partial charge is 0.288 e. The van der Waals surface area contributed by atoms with E-state index in [1.54, 1.807) is 11.8 Å². The number of hydrogen-bond donors (Lipinski definition) is 1. The summed E-state index contributed by atoms with van der Waals surface area (Å²) in [6, 6.07) is 15.2. The fourth-order valence-electron chi connectivity index (χ4n) is 2.29. The number of benzene rings is 2. The molecule has 0 fully saturated rings. The lowest BCUT2D eigenvalue weighted by molar-refractivity contribution is 0.0990. The van der Waals surface area contributed by atoms with E-state index in [0.29, 0.717) is 5.82 Å². The zero-order valence-corrected chi connectivity index (χ0v) is 12.9. The first-order chi connectivity index (χ1) is 11.1. The predicted molar refractivity (Wildman–Crippen MR) is 86.6 cm³/mol. The number of aryl methyl sites for hydroxylation is 1. The van der Waals surface area contributed by atoms with Gasteiger partial charge in [-0.1, -0.05) is 23.8 Å². The molecule has 1 heterocycles. The minimum atomic E-state index is -0.661. The maximum absolute atomic E-state index is 11.5. The van der Waals surface area contributed by atoms with E-state index in [1.165, 1.54) is 0 Å². The Bertz CT molecular complexity index is 853. The van der Waals surface area contributed by atoms with Crippen molar-refractivity contribution in [2.45, 2.75) is 6.92 Å². The molecule has 0 aliphatic rings. The maximum Gasteiger partial charge on any atom is 0.288 e. The minimum absolute atomic E-state index is 0.0164. The van der Waals surface area contributed by atoms with E-state index >= 15 is 0 Å². The van der Waals surface area contributed by atoms with E-state index in [4.69, 9.17) is 10.5 Å². The normalized spacial score (nSPS) is 10.5. The molecule has 2 aromatic carbocycles. The molecule has 3 aromatic rings. The molecular weight excluding hydrogens is 292 g/mol. The first kappa shape index (κ1) is 14.8. The van der Waals surface area contributed by atoms with Crippen LogP contribution in [-0.4, -0.2) is 27.8 Å². The number of hydrogen-bond acceptors (Lipinski definition) is 4. The van der Waals surface area contributed by atoms with Gasteiger partial charge in [0, 0.05) is 5.56 Å². The Hall–Kier alpha value is -3.15. The monoisotopic (exact) mass is 308 g/mol. The summed E-state index contributed by atoms with van der Waals surface area (Å²) in [5.41, 5.74) is 8.05. The topological polar surface area (TPSA) is 83.0 Å². The molecule has 0 radical (unpaired) electrons. The van der Waals surface area contributed by atoms with Crippen LogP contribution in [-0.2, 0) is 0 Å². The van der Waals surface area contributed by atoms with Gasteiger partial charge in [-0.15, -0.1) is 5.10 Å². The molecule has 6 nitrogen and oxygen atoms in total. The third kappa shape index (κ3) is 2.91. The molecule has 1 aromatic heterocycles. The highest BCUT2D eigenvalue weighted by Crippen LogP contribution is 2.23. The van der Waals surface area contributed by atoms with Gasteiger partial charge in [-0.25, -0.2) is 9.67 Å². The van der Waals surface area contributed by atoms with Crippen LogP contribution in [0.3, 0.4) is 0 Å². The van der Waals surface area contributed by atoms with Crippen LogP contribution in [0.2, 0.25) is 0 Å². The van der Waals surface area contributed by atoms with Crippen molar-refractivity contribution in [1.29, 1.82) is 0 Å². The Morgan fingerprint density at radius 1 is 1.17 bits per heavy atom. The average Bonchev–Trinajstić information content (AvgIpc) is 3.00. The van der Waals surface area contributed by atoms with Gasteiger partial charge in [0.15, 0.2) is 5.82 Å². The van der Waals surface area contributed by atoms with E-state index in [1.807, 2.05) is 55.5 Å². The second kappa shape index (κ2) is 5.92. The Kier molecular flexibility index (Phi) is 3.80. The molecule has 0 aliphatic carbocycles. The number of amides is 1. The third-order valence-electron chi connectivity index (χ3n) is 3.42. The van der Waals surface area contributed by atoms with E-state index in [-0.39, 0.29) is 5.82 Å². The largest absolute Gasteiger partial charge is 0.497 e. The van der Waals surface area contributed by atoms with Crippen LogP contribution in [0.5, 0.6) is 5.75 Å². The van der Waals surface area contributed by atoms with Crippen LogP contribution in [0.4, 0.5) is 0 Å². The molecule has 0 spiro atoms. The zero-order chi connectivity index (χ0) is 16.4. The summed E-state index contributed by atoms with van der Waals surface area (Å²) in [5.74, 6) is 0.622. The number of carbonyl (C=O) groups is 1. The van der Waals surface area contributed by atoms with Crippen molar-refractivity contribution in [3.8, 4) is 22.8 Å². The van der Waals surface area contributed by atoms with Crippen molar-refractivity contribution >= 4 is 5.91 Å². The fourth-order valence-corrected chi connectivity index (χ4v) is 2.29. The predicted octanol–water partition coefficient (Wildman–Crippen LogP) is 2.35. The molecule has 2 N–H and O–H groups in total. The van der Waals surface area contributed by atoms with E-state index in [2.05, 4.69) is 10.1 Å². The van der Waals surface area contributed by atoms with Gasteiger partial charge in [0.05, 0.1) is 12.8 Å². The average molecular weight is 308 g/mol. The molecular formula is C17H16N4O2. The maximum atomic E-state index is 11.5. The highest BCUT2D eigenvalue weighted by molar-refractivity contribution is 5.89. The number of carbonyl (C=O) groups excluding carboxylic acids is 1. The fraction of sp³-hybridized carbons (Fsp3) is 0.118. The number of primary amides is 1. The summed E-state index contributed by atoms with van der Waals surface area (Å²) < 4.78 is 6.77. The van der Waals surface area contributed by atoms with Gasteiger partial charge in [-0.05, 0) is 37.3 Å². The number of ether oxygens (including phenoxy) is 1. The molecule has 1 amide bonds. The highest BCUT2D eigenvalue weighted by atomic mass is 16.5. The van der Waals surface area contributed by atoms with Gasteiger partial charge >= 0.3 is 0 Å². The van der Waals surface area contributed by atoms with E-state index in [0.717, 1.165) is 22.6 Å². The molecule has 0 unspecified atom stereocenters. The molecule has 0 aliphatic heterocycles. The third-order valence-corrected chi connectivity index (χ3v) is 3.42. The summed E-state index contributed by atoms with van der Waals surface area (Å²) in [6.45, 7) is 1.99. The van der Waals surface area contributed by atoms with Crippen molar-refractivity contribution in [1.82, 2.24) is 14.8 Å². The first-order valence-electron chi connectivity index (χ1n) is 7.07. The Balaban J connectivity index is 2.16. The molecule has 3 rings (SSSR count). The molecule has 0 saturated heterocycles. The van der Waals surface area contributed by atoms with Gasteiger partial charge in [0.25, 0.3) is 5.91 Å². The number of aromatic nitrogens is 3. The van der Waals surface area contributed by atoms with Gasteiger partial charge in [0.2, 0.25) is 5.82 Å². The quantitative estimate of drug-likeness (QED) is 0.802. The van der Waals surface area contributed by atoms with E-state index in [9.17, 15) is 4.79 Å². The number of nitrogens with zero attached hydrogens (tertiary/aromatic N) is 3. The van der Waals surface area contributed by atoms with Gasteiger partial charge < -0.3 is 10.5 Å². The second-order valence-electron chi connectivity index (χ2n) is 5.10. The summed E-state index contributed by atoms with van der Waals surface area (Å²) in [5, 5.41) is 4.23. The zero-order valence-electron chi connectivity index (χ0n) is 12.9. The number of methoxy groups -OCH3 is 1. The Morgan fingerprint density at radius 3 is 2.52 bits per heavy atom. The van der Waals surface area contributed by atoms with Crippen LogP contribution >= 0.6 is 0 Å². The van der Waals surface area contributed by atoms with Crippen LogP contribution in [0, 0.1) is 6.92 Å². The van der Waals surface area contributed by atoms with Gasteiger partial charge in [0.1, 0.15) is 5.75 Å². The lowest BCUT2D eigenvalue weighted by atomic mass is 10.1. The first-order valence-corrected chi connectivity index (χ1v) is 7.07. The van der Waals surface area contributed by atoms with Crippen molar-refractivity contribution in [3.05, 3.63) is 59.9 Å². The summed E-state index contributed by atoms with van der Waals surface area (Å²) >= 11 is 0. The Labute approximate surface area is 133 Å². The number of rotatable bonds is 4. The van der Waals surface area contributed by atoms with Gasteiger partial charge in [-0.2, -0.15) is 0 Å². The lowest BCUT2D eigenvalue weighted by Gasteiger charge is -2.07. The molecule has 0 bridgehead atoms. The van der Waals surface area contributed by atoms with Crippen LogP contribution in [0.15, 0.2) is 48.5 Å². The lowest BCUT2D eigenvalue weighted by Crippen LogP contribution is -2.13. The standard InChI is InChI=1S/C17H16N4O2/c1-11-4-3-5-12(10-11)17-19-16(15(18)22)20-21(17)13-6-8-14(23-2)9-7-13/h3-10H,1-2H3,(H2,18,22). The summed E-state index contributed by atoms with van der Waals surface area (Å²) in [6.07, 6.45) is 0. The molecule has 0 atom stereocenters. The van der Waals surface area contributed by atoms with Crippen LogP contribution in [0.25, 0.3) is 17.1 Å². The molecule has 6 heteroatoms. The van der Waals surface area contributed by atoms with Crippen molar-refractivity contribution in [2.75, 3.05) is 7.11 Å².